The zero-order valence-electron chi connectivity index (χ0n) is 38.7. The van der Waals surface area contributed by atoms with Gasteiger partial charge in [-0.2, -0.15) is 4.98 Å². The van der Waals surface area contributed by atoms with E-state index >= 15 is 0 Å². The van der Waals surface area contributed by atoms with Gasteiger partial charge in [-0.3, -0.25) is 29.4 Å². The fourth-order valence-corrected chi connectivity index (χ4v) is 11.7. The van der Waals surface area contributed by atoms with Crippen LogP contribution in [-0.2, 0) is 33.4 Å². The van der Waals surface area contributed by atoms with E-state index in [1.807, 2.05) is 42.5 Å². The number of aromatic nitrogens is 4. The molecular weight excluding hydrogens is 935 g/mol. The number of piperidine rings is 2. The van der Waals surface area contributed by atoms with Crippen molar-refractivity contribution in [2.75, 3.05) is 81.8 Å². The lowest BCUT2D eigenvalue weighted by Gasteiger charge is -2.43. The summed E-state index contributed by atoms with van der Waals surface area (Å²) in [6.45, 7) is 14.7. The number of nitrogens with one attached hydrogen (secondary N) is 3. The molecule has 3 fully saturated rings. The standard InChI is InChI=1S/C49H58BrN10O6P/c1-6-31-27-38(54-48-51-29-35(50)46(56-48)53-37-12-11-36-34(45(37)67(4,5)64)10-9-32(7-2)52-36)42(65-3)28-41(31)59-20-17-33(18-21-59)58-24-22-57(23-25-58)19-16-30-8-13-39-43(26-30)66-49(63)60(39)40-14-15-44(61)55-47(40)62/h8-13,26-29,33,40H,6-7,14-25H2,1-5H3,(H,55,61,62)(H2,51,53,54,56). The zero-order chi connectivity index (χ0) is 47.0. The second-order valence-corrected chi connectivity index (χ2v) is 22.1. The lowest BCUT2D eigenvalue weighted by Crippen LogP contribution is -2.53. The van der Waals surface area contributed by atoms with Crippen LogP contribution in [0, 0.1) is 0 Å². The van der Waals surface area contributed by atoms with Crippen molar-refractivity contribution in [2.45, 2.75) is 70.9 Å². The van der Waals surface area contributed by atoms with Crippen LogP contribution in [0.25, 0.3) is 22.0 Å². The number of halogens is 1. The predicted octanol–water partition coefficient (Wildman–Crippen LogP) is 7.37. The van der Waals surface area contributed by atoms with Crippen LogP contribution in [0.5, 0.6) is 5.75 Å². The fourth-order valence-electron chi connectivity index (χ4n) is 9.90. The minimum atomic E-state index is -2.74. The molecule has 3 aromatic carbocycles. The van der Waals surface area contributed by atoms with Crippen molar-refractivity contribution in [1.29, 1.82) is 0 Å². The molecule has 1 unspecified atom stereocenters. The van der Waals surface area contributed by atoms with E-state index in [0.717, 1.165) is 111 Å². The van der Waals surface area contributed by atoms with Gasteiger partial charge in [-0.25, -0.2) is 9.78 Å². The molecule has 9 rings (SSSR count). The maximum atomic E-state index is 13.7. The summed E-state index contributed by atoms with van der Waals surface area (Å²) in [5, 5.41) is 10.8. The summed E-state index contributed by atoms with van der Waals surface area (Å²) in [4.78, 5) is 58.8. The van der Waals surface area contributed by atoms with Crippen LogP contribution in [0.4, 0.5) is 28.8 Å². The highest BCUT2D eigenvalue weighted by molar-refractivity contribution is 9.10. The molecule has 6 aromatic rings. The number of pyridine rings is 1. The minimum absolute atomic E-state index is 0.190. The average Bonchev–Trinajstić information content (AvgIpc) is 3.65. The Morgan fingerprint density at radius 2 is 1.69 bits per heavy atom. The number of hydrogen-bond donors (Lipinski definition) is 3. The quantitative estimate of drug-likeness (QED) is 0.0727. The number of ether oxygens (including phenoxy) is 1. The molecule has 3 aromatic heterocycles. The van der Waals surface area contributed by atoms with Crippen LogP contribution >= 0.6 is 23.1 Å². The lowest BCUT2D eigenvalue weighted by atomic mass is 9.99. The molecule has 3 aliphatic rings. The van der Waals surface area contributed by atoms with Gasteiger partial charge in [0, 0.05) is 92.6 Å². The fraction of sp³-hybridized carbons (Fsp3) is 0.429. The molecule has 3 aliphatic heterocycles. The van der Waals surface area contributed by atoms with Crippen LogP contribution in [0.3, 0.4) is 0 Å². The van der Waals surface area contributed by atoms with Crippen LogP contribution in [0.15, 0.2) is 74.5 Å². The van der Waals surface area contributed by atoms with Gasteiger partial charge in [0.1, 0.15) is 24.8 Å². The molecule has 2 amide bonds. The number of methoxy groups -OCH3 is 1. The van der Waals surface area contributed by atoms with Crippen molar-refractivity contribution in [3.63, 3.8) is 0 Å². The first-order chi connectivity index (χ1) is 32.3. The Labute approximate surface area is 398 Å². The number of rotatable bonds is 14. The third-order valence-corrected chi connectivity index (χ3v) is 15.6. The van der Waals surface area contributed by atoms with Gasteiger partial charge in [0.05, 0.1) is 34.0 Å². The highest BCUT2D eigenvalue weighted by Gasteiger charge is 2.32. The third-order valence-electron chi connectivity index (χ3n) is 13.5. The molecule has 6 heterocycles. The van der Waals surface area contributed by atoms with Crippen molar-refractivity contribution in [2.24, 2.45) is 0 Å². The first-order valence-corrected chi connectivity index (χ1v) is 26.6. The molecule has 1 atom stereocenters. The third kappa shape index (κ3) is 9.88. The van der Waals surface area contributed by atoms with E-state index in [9.17, 15) is 18.9 Å². The van der Waals surface area contributed by atoms with Crippen molar-refractivity contribution in [1.82, 2.24) is 34.6 Å². The van der Waals surface area contributed by atoms with E-state index in [4.69, 9.17) is 19.1 Å². The minimum Gasteiger partial charge on any atom is -0.494 e. The van der Waals surface area contributed by atoms with Crippen molar-refractivity contribution in [3.05, 3.63) is 92.6 Å². The van der Waals surface area contributed by atoms with Crippen molar-refractivity contribution in [3.8, 4) is 5.75 Å². The molecule has 18 heteroatoms. The molecule has 352 valence electrons. The molecule has 3 saturated heterocycles. The number of carbonyl (C=O) groups excluding carboxylic acids is 2. The Balaban J connectivity index is 0.804. The summed E-state index contributed by atoms with van der Waals surface area (Å²) in [6.07, 6.45) is 6.82. The number of benzene rings is 3. The number of imide groups is 1. The Morgan fingerprint density at radius 3 is 2.40 bits per heavy atom. The maximum absolute atomic E-state index is 13.7. The molecular formula is C49H58BrN10O6P. The number of fused-ring (bicyclic) bond motifs is 2. The van der Waals surface area contributed by atoms with E-state index in [1.54, 1.807) is 26.6 Å². The van der Waals surface area contributed by atoms with E-state index < -0.39 is 24.8 Å². The summed E-state index contributed by atoms with van der Waals surface area (Å²) in [7, 11) is -1.05. The molecule has 67 heavy (non-hydrogen) atoms. The summed E-state index contributed by atoms with van der Waals surface area (Å²) in [5.41, 5.74) is 7.79. The molecule has 0 radical (unpaired) electrons. The number of piperazine rings is 1. The second kappa shape index (κ2) is 19.5. The predicted molar refractivity (Wildman–Crippen MR) is 268 cm³/mol. The Bertz CT molecular complexity index is 2950. The number of aryl methyl sites for hydroxylation is 2. The van der Waals surface area contributed by atoms with Gasteiger partial charge >= 0.3 is 5.76 Å². The Morgan fingerprint density at radius 1 is 0.896 bits per heavy atom. The van der Waals surface area contributed by atoms with Crippen LogP contribution in [-0.4, -0.2) is 113 Å². The van der Waals surface area contributed by atoms with Gasteiger partial charge in [-0.1, -0.05) is 26.0 Å². The van der Waals surface area contributed by atoms with Gasteiger partial charge < -0.3 is 34.2 Å². The number of hydrogen-bond acceptors (Lipinski definition) is 14. The normalized spacial score (nSPS) is 17.9. The lowest BCUT2D eigenvalue weighted by molar-refractivity contribution is -0.135. The van der Waals surface area contributed by atoms with E-state index in [0.29, 0.717) is 44.8 Å². The largest absolute Gasteiger partial charge is 0.494 e. The molecule has 0 spiro atoms. The van der Waals surface area contributed by atoms with E-state index in [-0.39, 0.29) is 18.7 Å². The summed E-state index contributed by atoms with van der Waals surface area (Å²) < 4.78 is 27.3. The molecule has 0 saturated carbocycles. The molecule has 16 nitrogen and oxygen atoms in total. The molecule has 3 N–H and O–H groups in total. The first kappa shape index (κ1) is 46.5. The highest BCUT2D eigenvalue weighted by Crippen LogP contribution is 2.42. The number of anilines is 5. The Hall–Kier alpha value is -5.61. The van der Waals surface area contributed by atoms with Crippen molar-refractivity contribution < 1.29 is 23.3 Å². The van der Waals surface area contributed by atoms with Crippen LogP contribution in [0.2, 0.25) is 0 Å². The molecule has 0 aliphatic carbocycles. The second-order valence-electron chi connectivity index (χ2n) is 18.1. The van der Waals surface area contributed by atoms with Gasteiger partial charge in [0.15, 0.2) is 5.58 Å². The maximum Gasteiger partial charge on any atom is 0.420 e. The van der Waals surface area contributed by atoms with Gasteiger partial charge in [0.2, 0.25) is 17.8 Å². The topological polar surface area (TPSA) is 180 Å². The Kier molecular flexibility index (Phi) is 13.6. The monoisotopic (exact) mass is 992 g/mol. The number of amides is 2. The first-order valence-electron chi connectivity index (χ1n) is 23.2. The van der Waals surface area contributed by atoms with Crippen LogP contribution < -0.4 is 36.6 Å². The van der Waals surface area contributed by atoms with Crippen molar-refractivity contribution >= 4 is 91.0 Å². The number of carbonyl (C=O) groups is 2. The highest BCUT2D eigenvalue weighted by atomic mass is 79.9. The van der Waals surface area contributed by atoms with Gasteiger partial charge in [-0.05, 0) is 115 Å². The smallest absolute Gasteiger partial charge is 0.420 e. The summed E-state index contributed by atoms with van der Waals surface area (Å²) in [6, 6.07) is 17.7. The van der Waals surface area contributed by atoms with Gasteiger partial charge in [0.25, 0.3) is 0 Å². The number of oxazole rings is 1. The van der Waals surface area contributed by atoms with E-state index in [2.05, 4.69) is 77.5 Å². The zero-order valence-corrected chi connectivity index (χ0v) is 41.2. The molecule has 0 bridgehead atoms. The van der Waals surface area contributed by atoms with E-state index in [1.165, 1.54) is 15.8 Å². The van der Waals surface area contributed by atoms with Crippen LogP contribution in [0.1, 0.15) is 62.4 Å². The van der Waals surface area contributed by atoms with Gasteiger partial charge in [-0.15, -0.1) is 0 Å². The summed E-state index contributed by atoms with van der Waals surface area (Å²) >= 11 is 3.63. The number of nitrogens with zero attached hydrogens (tertiary/aromatic N) is 7. The summed E-state index contributed by atoms with van der Waals surface area (Å²) in [5.74, 6) is 0.259. The SMILES string of the molecule is CCc1ccc2c(P(C)(C)=O)c(Nc3nc(Nc4cc(CC)c(N5CCC(N6CCN(CCc7ccc8c(c7)oc(=O)n8C7CCC(=O)NC7=O)CC6)CC5)cc4OC)ncc3Br)ccc2n1. The average molecular weight is 994 g/mol.